The van der Waals surface area contributed by atoms with Crippen molar-refractivity contribution in [2.24, 2.45) is 0 Å². The molecule has 21 heavy (non-hydrogen) atoms. The van der Waals surface area contributed by atoms with Crippen molar-refractivity contribution in [3.8, 4) is 11.3 Å². The Morgan fingerprint density at radius 2 is 2.00 bits per heavy atom. The second kappa shape index (κ2) is 5.17. The van der Waals surface area contributed by atoms with Crippen molar-refractivity contribution in [1.29, 1.82) is 0 Å². The van der Waals surface area contributed by atoms with Gasteiger partial charge in [-0.3, -0.25) is 9.89 Å². The molecule has 0 unspecified atom stereocenters. The van der Waals surface area contributed by atoms with E-state index in [2.05, 4.69) is 15.5 Å². The molecule has 0 fully saturated rings. The third-order valence-corrected chi connectivity index (χ3v) is 4.60. The topological polar surface area (TPSA) is 91.9 Å². The molecule has 3 rings (SSSR count). The lowest BCUT2D eigenvalue weighted by atomic mass is 10.1. The third-order valence-electron chi connectivity index (χ3n) is 3.21. The molecule has 0 radical (unpaired) electrons. The van der Waals surface area contributed by atoms with E-state index >= 15 is 0 Å². The molecule has 0 saturated heterocycles. The molecule has 2 heterocycles. The molecule has 0 spiro atoms. The van der Waals surface area contributed by atoms with Crippen molar-refractivity contribution in [2.45, 2.75) is 6.04 Å². The fourth-order valence-electron chi connectivity index (χ4n) is 2.14. The molecule has 108 valence electrons. The van der Waals surface area contributed by atoms with E-state index in [1.54, 1.807) is 18.3 Å². The maximum absolute atomic E-state index is 12.0. The van der Waals surface area contributed by atoms with Crippen LogP contribution < -0.4 is 5.32 Å². The molecule has 1 aromatic carbocycles. The zero-order chi connectivity index (χ0) is 14.9. The lowest BCUT2D eigenvalue weighted by Gasteiger charge is -2.10. The smallest absolute Gasteiger partial charge is 0.251 e. The monoisotopic (exact) mass is 303 g/mol. The van der Waals surface area contributed by atoms with Gasteiger partial charge in [-0.25, -0.2) is 8.42 Å². The van der Waals surface area contributed by atoms with Gasteiger partial charge in [-0.15, -0.1) is 0 Å². The number of amides is 1. The zero-order valence-corrected chi connectivity index (χ0v) is 11.8. The van der Waals surface area contributed by atoms with Gasteiger partial charge in [0.1, 0.15) is 0 Å². The maximum Gasteiger partial charge on any atom is 0.251 e. The van der Waals surface area contributed by atoms with Crippen LogP contribution in [0.3, 0.4) is 0 Å². The van der Waals surface area contributed by atoms with Gasteiger partial charge in [0, 0.05) is 17.2 Å². The number of aromatic amines is 1. The summed E-state index contributed by atoms with van der Waals surface area (Å²) < 4.78 is 22.6. The summed E-state index contributed by atoms with van der Waals surface area (Å²) in [6, 6.07) is 8.38. The van der Waals surface area contributed by atoms with Gasteiger partial charge in [0.05, 0.1) is 17.5 Å². The second-order valence-corrected chi connectivity index (χ2v) is 6.72. The fourth-order valence-corrected chi connectivity index (χ4v) is 3.37. The van der Waals surface area contributed by atoms with E-state index < -0.39 is 15.9 Å². The number of hydrogen-bond acceptors (Lipinski definition) is 4. The predicted molar refractivity (Wildman–Crippen MR) is 78.2 cm³/mol. The van der Waals surface area contributed by atoms with E-state index in [-0.39, 0.29) is 11.7 Å². The Hall–Kier alpha value is -2.41. The molecule has 0 aliphatic carbocycles. The summed E-state index contributed by atoms with van der Waals surface area (Å²) >= 11 is 0. The van der Waals surface area contributed by atoms with Crippen LogP contribution in [0.2, 0.25) is 0 Å². The van der Waals surface area contributed by atoms with Gasteiger partial charge in [0.15, 0.2) is 9.84 Å². The first kappa shape index (κ1) is 13.6. The minimum atomic E-state index is -3.17. The zero-order valence-electron chi connectivity index (χ0n) is 11.0. The van der Waals surface area contributed by atoms with Gasteiger partial charge >= 0.3 is 0 Å². The molecule has 7 heteroatoms. The highest BCUT2D eigenvalue weighted by Crippen LogP contribution is 2.17. The number of carbonyl (C=O) groups excluding carboxylic acids is 1. The van der Waals surface area contributed by atoms with Gasteiger partial charge in [-0.1, -0.05) is 12.1 Å². The number of carbonyl (C=O) groups is 1. The molecule has 0 saturated carbocycles. The number of rotatable bonds is 3. The minimum absolute atomic E-state index is 0.0784. The molecule has 1 aliphatic heterocycles. The highest BCUT2D eigenvalue weighted by molar-refractivity contribution is 7.94. The summed E-state index contributed by atoms with van der Waals surface area (Å²) in [5, 5.41) is 10.5. The number of benzene rings is 1. The molecule has 0 bridgehead atoms. The summed E-state index contributed by atoms with van der Waals surface area (Å²) in [5.41, 5.74) is 2.27. The van der Waals surface area contributed by atoms with E-state index in [9.17, 15) is 13.2 Å². The van der Waals surface area contributed by atoms with Crippen LogP contribution in [0, 0.1) is 0 Å². The quantitative estimate of drug-likeness (QED) is 0.888. The summed E-state index contributed by atoms with van der Waals surface area (Å²) in [7, 11) is -3.17. The largest absolute Gasteiger partial charge is 0.345 e. The summed E-state index contributed by atoms with van der Waals surface area (Å²) in [4.78, 5) is 12.0. The number of nitrogens with zero attached hydrogens (tertiary/aromatic N) is 1. The molecule has 1 atom stereocenters. The molecule has 1 amide bonds. The van der Waals surface area contributed by atoms with E-state index in [0.29, 0.717) is 5.56 Å². The van der Waals surface area contributed by atoms with Crippen LogP contribution in [-0.4, -0.2) is 36.3 Å². The number of nitrogens with one attached hydrogen (secondary N) is 2. The van der Waals surface area contributed by atoms with Crippen molar-refractivity contribution in [3.05, 3.63) is 53.6 Å². The summed E-state index contributed by atoms with van der Waals surface area (Å²) in [5.74, 6) is -0.372. The molecule has 6 nitrogen and oxygen atoms in total. The van der Waals surface area contributed by atoms with E-state index in [1.807, 2.05) is 18.2 Å². The second-order valence-electron chi connectivity index (χ2n) is 4.79. The van der Waals surface area contributed by atoms with E-state index in [0.717, 1.165) is 16.7 Å². The van der Waals surface area contributed by atoms with Gasteiger partial charge in [-0.2, -0.15) is 5.10 Å². The molecular formula is C14H13N3O3S. The average molecular weight is 303 g/mol. The van der Waals surface area contributed by atoms with Crippen molar-refractivity contribution in [2.75, 3.05) is 5.75 Å². The highest BCUT2D eigenvalue weighted by Gasteiger charge is 2.23. The Morgan fingerprint density at radius 1 is 1.24 bits per heavy atom. The van der Waals surface area contributed by atoms with Crippen LogP contribution in [0.4, 0.5) is 0 Å². The summed E-state index contributed by atoms with van der Waals surface area (Å²) in [6.07, 6.45) is 3.15. The minimum Gasteiger partial charge on any atom is -0.345 e. The first-order chi connectivity index (χ1) is 10.0. The average Bonchev–Trinajstić information content (AvgIpc) is 3.09. The Bertz CT molecular complexity index is 777. The molecule has 2 N–H and O–H groups in total. The Kier molecular flexibility index (Phi) is 3.34. The standard InChI is InChI=1S/C14H13N3O3S/c18-14(16-12-6-8-21(19,20)9-12)11-3-1-10(2-4-11)13-5-7-15-17-13/h1-8,12H,9H2,(H,15,17)(H,16,18)/t12-/m0/s1. The van der Waals surface area contributed by atoms with Crippen LogP contribution >= 0.6 is 0 Å². The van der Waals surface area contributed by atoms with Crippen LogP contribution in [0.15, 0.2) is 48.0 Å². The van der Waals surface area contributed by atoms with Crippen LogP contribution in [0.1, 0.15) is 10.4 Å². The Balaban J connectivity index is 1.70. The van der Waals surface area contributed by atoms with Gasteiger partial charge in [0.25, 0.3) is 5.91 Å². The normalized spacial score (nSPS) is 19.5. The highest BCUT2D eigenvalue weighted by atomic mass is 32.2. The molecule has 2 aromatic rings. The lowest BCUT2D eigenvalue weighted by Crippen LogP contribution is -2.35. The molecule has 1 aromatic heterocycles. The summed E-state index contributed by atoms with van der Waals surface area (Å²) in [6.45, 7) is 0. The van der Waals surface area contributed by atoms with Gasteiger partial charge < -0.3 is 5.32 Å². The van der Waals surface area contributed by atoms with Crippen LogP contribution in [0.25, 0.3) is 11.3 Å². The predicted octanol–water partition coefficient (Wildman–Crippen LogP) is 1.12. The Morgan fingerprint density at radius 3 is 2.57 bits per heavy atom. The van der Waals surface area contributed by atoms with Crippen molar-refractivity contribution >= 4 is 15.7 Å². The van der Waals surface area contributed by atoms with E-state index in [4.69, 9.17) is 0 Å². The maximum atomic E-state index is 12.0. The van der Waals surface area contributed by atoms with Crippen LogP contribution in [-0.2, 0) is 9.84 Å². The number of H-pyrrole nitrogens is 1. The number of hydrogen-bond donors (Lipinski definition) is 2. The van der Waals surface area contributed by atoms with Gasteiger partial charge in [-0.05, 0) is 29.8 Å². The van der Waals surface area contributed by atoms with Crippen molar-refractivity contribution < 1.29 is 13.2 Å². The fraction of sp³-hybridized carbons (Fsp3) is 0.143. The lowest BCUT2D eigenvalue weighted by molar-refractivity contribution is 0.0947. The first-order valence-electron chi connectivity index (χ1n) is 6.35. The van der Waals surface area contributed by atoms with Crippen molar-refractivity contribution in [1.82, 2.24) is 15.5 Å². The van der Waals surface area contributed by atoms with Crippen molar-refractivity contribution in [3.63, 3.8) is 0 Å². The van der Waals surface area contributed by atoms with E-state index in [1.165, 1.54) is 6.08 Å². The number of aromatic nitrogens is 2. The number of sulfone groups is 1. The van der Waals surface area contributed by atoms with Gasteiger partial charge in [0.2, 0.25) is 0 Å². The molecular weight excluding hydrogens is 290 g/mol. The first-order valence-corrected chi connectivity index (χ1v) is 8.07. The van der Waals surface area contributed by atoms with Crippen LogP contribution in [0.5, 0.6) is 0 Å². The third kappa shape index (κ3) is 3.03. The SMILES string of the molecule is O=C(N[C@H]1C=CS(=O)(=O)C1)c1ccc(-c2ccn[nH]2)cc1. The molecule has 1 aliphatic rings. The Labute approximate surface area is 121 Å².